The van der Waals surface area contributed by atoms with E-state index in [1.807, 2.05) is 19.9 Å². The van der Waals surface area contributed by atoms with E-state index in [1.54, 1.807) is 4.68 Å². The first kappa shape index (κ1) is 19.6. The minimum absolute atomic E-state index is 0.0503. The number of hydrogen-bond acceptors (Lipinski definition) is 6. The first-order valence-corrected chi connectivity index (χ1v) is 8.39. The summed E-state index contributed by atoms with van der Waals surface area (Å²) in [5.74, 6) is -0.293. The number of carbonyl (C=O) groups excluding carboxylic acids is 1. The molecule has 0 N–H and O–H groups in total. The van der Waals surface area contributed by atoms with Crippen molar-refractivity contribution in [3.05, 3.63) is 53.2 Å². The molecule has 0 aliphatic carbocycles. The van der Waals surface area contributed by atoms with Crippen LogP contribution in [0.4, 0.5) is 13.2 Å². The summed E-state index contributed by atoms with van der Waals surface area (Å²) in [5, 5.41) is 7.95. The van der Waals surface area contributed by atoms with Gasteiger partial charge in [0.2, 0.25) is 5.82 Å². The van der Waals surface area contributed by atoms with Crippen LogP contribution < -0.4 is 0 Å². The number of ether oxygens (including phenoxy) is 1. The van der Waals surface area contributed by atoms with E-state index in [9.17, 15) is 18.0 Å². The molecule has 3 aromatic rings. The molecule has 28 heavy (non-hydrogen) atoms. The molecule has 1 aromatic carbocycles. The number of rotatable bonds is 6. The smallest absolute Gasteiger partial charge is 0.416 e. The van der Waals surface area contributed by atoms with Crippen LogP contribution in [-0.4, -0.2) is 25.9 Å². The normalized spacial score (nSPS) is 11.6. The van der Waals surface area contributed by atoms with Crippen molar-refractivity contribution in [2.24, 2.45) is 0 Å². The van der Waals surface area contributed by atoms with Gasteiger partial charge in [0, 0.05) is 11.3 Å². The molecule has 148 valence electrons. The molecule has 0 spiro atoms. The van der Waals surface area contributed by atoms with Crippen LogP contribution in [0.15, 0.2) is 34.9 Å². The summed E-state index contributed by atoms with van der Waals surface area (Å²) in [5.41, 5.74) is 1.41. The Balaban J connectivity index is 1.53. The number of carbonyl (C=O) groups is 1. The lowest BCUT2D eigenvalue weighted by Crippen LogP contribution is -2.11. The summed E-state index contributed by atoms with van der Waals surface area (Å²) in [6.45, 7) is 3.93. The average molecular weight is 394 g/mol. The highest BCUT2D eigenvalue weighted by molar-refractivity contribution is 5.69. The van der Waals surface area contributed by atoms with Gasteiger partial charge in [-0.2, -0.15) is 23.3 Å². The molecule has 0 bridgehead atoms. The van der Waals surface area contributed by atoms with Gasteiger partial charge in [0.1, 0.15) is 0 Å². The quantitative estimate of drug-likeness (QED) is 0.593. The van der Waals surface area contributed by atoms with Crippen molar-refractivity contribution in [2.45, 2.75) is 39.6 Å². The zero-order valence-electron chi connectivity index (χ0n) is 15.2. The summed E-state index contributed by atoms with van der Waals surface area (Å²) in [6, 6.07) is 6.27. The second-order valence-corrected chi connectivity index (χ2v) is 6.15. The Morgan fingerprint density at radius 3 is 2.54 bits per heavy atom. The largest absolute Gasteiger partial charge is 0.455 e. The van der Waals surface area contributed by atoms with E-state index in [1.165, 1.54) is 12.1 Å². The highest BCUT2D eigenvalue weighted by Crippen LogP contribution is 2.30. The molecule has 0 radical (unpaired) electrons. The van der Waals surface area contributed by atoms with Crippen molar-refractivity contribution >= 4 is 5.97 Å². The minimum Gasteiger partial charge on any atom is -0.455 e. The molecule has 0 fully saturated rings. The third kappa shape index (κ3) is 4.76. The Kier molecular flexibility index (Phi) is 5.48. The lowest BCUT2D eigenvalue weighted by atomic mass is 10.1. The van der Waals surface area contributed by atoms with Crippen molar-refractivity contribution in [1.82, 2.24) is 19.9 Å². The van der Waals surface area contributed by atoms with Crippen LogP contribution in [0.2, 0.25) is 0 Å². The Morgan fingerprint density at radius 1 is 1.21 bits per heavy atom. The van der Waals surface area contributed by atoms with Crippen LogP contribution in [0.3, 0.4) is 0 Å². The molecular formula is C18H17F3N4O3. The van der Waals surface area contributed by atoms with Crippen molar-refractivity contribution in [3.63, 3.8) is 0 Å². The van der Waals surface area contributed by atoms with E-state index in [4.69, 9.17) is 9.26 Å². The van der Waals surface area contributed by atoms with Gasteiger partial charge in [-0.1, -0.05) is 17.3 Å². The molecule has 0 atom stereocenters. The first-order chi connectivity index (χ1) is 13.2. The lowest BCUT2D eigenvalue weighted by molar-refractivity contribution is -0.146. The maximum atomic E-state index is 12.6. The Morgan fingerprint density at radius 2 is 1.93 bits per heavy atom. The van der Waals surface area contributed by atoms with Gasteiger partial charge in [0.05, 0.1) is 24.2 Å². The average Bonchev–Trinajstić information content (AvgIpc) is 3.23. The van der Waals surface area contributed by atoms with Crippen molar-refractivity contribution in [1.29, 1.82) is 0 Å². The molecule has 0 aliphatic heterocycles. The fourth-order valence-corrected chi connectivity index (χ4v) is 2.55. The fraction of sp³-hybridized carbons (Fsp3) is 0.333. The number of alkyl halides is 3. The predicted molar refractivity (Wildman–Crippen MR) is 90.9 cm³/mol. The highest BCUT2D eigenvalue weighted by atomic mass is 19.4. The number of hydrogen-bond donors (Lipinski definition) is 0. The fourth-order valence-electron chi connectivity index (χ4n) is 2.55. The van der Waals surface area contributed by atoms with Crippen LogP contribution in [-0.2, 0) is 28.9 Å². The number of benzene rings is 1. The van der Waals surface area contributed by atoms with Gasteiger partial charge in [-0.05, 0) is 32.0 Å². The van der Waals surface area contributed by atoms with E-state index in [0.717, 1.165) is 23.5 Å². The summed E-state index contributed by atoms with van der Waals surface area (Å²) in [6.07, 6.45) is -4.29. The molecule has 2 heterocycles. The van der Waals surface area contributed by atoms with E-state index >= 15 is 0 Å². The van der Waals surface area contributed by atoms with E-state index in [-0.39, 0.29) is 24.7 Å². The number of nitrogens with zero attached hydrogens (tertiary/aromatic N) is 4. The number of esters is 1. The third-order valence-corrected chi connectivity index (χ3v) is 3.93. The Hall–Kier alpha value is -3.17. The summed E-state index contributed by atoms with van der Waals surface area (Å²) in [7, 11) is 0. The molecule has 0 saturated heterocycles. The number of halogens is 3. The zero-order chi connectivity index (χ0) is 20.3. The number of aromatic nitrogens is 4. The molecule has 10 heteroatoms. The van der Waals surface area contributed by atoms with Gasteiger partial charge in [-0.3, -0.25) is 9.48 Å². The van der Waals surface area contributed by atoms with Crippen molar-refractivity contribution in [3.8, 4) is 11.4 Å². The van der Waals surface area contributed by atoms with Gasteiger partial charge in [0.25, 0.3) is 5.89 Å². The maximum absolute atomic E-state index is 12.6. The monoisotopic (exact) mass is 394 g/mol. The van der Waals surface area contributed by atoms with Gasteiger partial charge < -0.3 is 9.26 Å². The molecule has 0 amide bonds. The highest BCUT2D eigenvalue weighted by Gasteiger charge is 2.30. The second-order valence-electron chi connectivity index (χ2n) is 6.15. The summed E-state index contributed by atoms with van der Waals surface area (Å²) in [4.78, 5) is 15.9. The van der Waals surface area contributed by atoms with E-state index in [0.29, 0.717) is 12.1 Å². The second kappa shape index (κ2) is 7.83. The van der Waals surface area contributed by atoms with Crippen LogP contribution in [0.25, 0.3) is 11.4 Å². The standard InChI is InChI=1S/C18H17F3N4O3/c1-11-9-12(2)25(23-11)8-7-16(26)27-10-15-22-17(24-28-15)13-3-5-14(6-4-13)18(19,20)21/h3-6,9H,7-8,10H2,1-2H3. The van der Waals surface area contributed by atoms with Crippen molar-refractivity contribution < 1.29 is 27.2 Å². The SMILES string of the molecule is Cc1cc(C)n(CCC(=O)OCc2nc(-c3ccc(C(F)(F)F)cc3)no2)n1. The van der Waals surface area contributed by atoms with Crippen molar-refractivity contribution in [2.75, 3.05) is 0 Å². The van der Waals surface area contributed by atoms with Crippen LogP contribution in [0.1, 0.15) is 29.3 Å². The molecule has 3 rings (SSSR count). The molecule has 0 aliphatic rings. The summed E-state index contributed by atoms with van der Waals surface area (Å²) < 4.78 is 49.6. The third-order valence-electron chi connectivity index (χ3n) is 3.93. The maximum Gasteiger partial charge on any atom is 0.416 e. The topological polar surface area (TPSA) is 83.0 Å². The van der Waals surface area contributed by atoms with Gasteiger partial charge >= 0.3 is 12.1 Å². The van der Waals surface area contributed by atoms with Crippen LogP contribution in [0.5, 0.6) is 0 Å². The molecule has 0 unspecified atom stereocenters. The summed E-state index contributed by atoms with van der Waals surface area (Å²) >= 11 is 0. The van der Waals surface area contributed by atoms with Gasteiger partial charge in [0.15, 0.2) is 6.61 Å². The molecule has 7 nitrogen and oxygen atoms in total. The zero-order valence-corrected chi connectivity index (χ0v) is 15.2. The Bertz CT molecular complexity index is 961. The predicted octanol–water partition coefficient (Wildman–Crippen LogP) is 3.70. The van der Waals surface area contributed by atoms with Crippen LogP contribution >= 0.6 is 0 Å². The molecule has 2 aromatic heterocycles. The Labute approximate surface area is 158 Å². The van der Waals surface area contributed by atoms with Crippen LogP contribution in [0, 0.1) is 13.8 Å². The molecular weight excluding hydrogens is 377 g/mol. The first-order valence-electron chi connectivity index (χ1n) is 8.39. The molecule has 0 saturated carbocycles. The minimum atomic E-state index is -4.41. The van der Waals surface area contributed by atoms with E-state index < -0.39 is 17.7 Å². The van der Waals surface area contributed by atoms with Gasteiger partial charge in [-0.25, -0.2) is 0 Å². The van der Waals surface area contributed by atoms with Gasteiger partial charge in [-0.15, -0.1) is 0 Å². The number of aryl methyl sites for hydroxylation is 3. The lowest BCUT2D eigenvalue weighted by Gasteiger charge is -2.05. The van der Waals surface area contributed by atoms with E-state index in [2.05, 4.69) is 15.2 Å².